The van der Waals surface area contributed by atoms with Gasteiger partial charge in [0.2, 0.25) is 5.89 Å². The van der Waals surface area contributed by atoms with Crippen LogP contribution >= 0.6 is 11.8 Å². The van der Waals surface area contributed by atoms with Gasteiger partial charge in [-0.1, -0.05) is 12.1 Å². The number of aryl methyl sites for hydroxylation is 1. The molecule has 5 heteroatoms. The lowest BCUT2D eigenvalue weighted by molar-refractivity contribution is 0.368. The fourth-order valence-corrected chi connectivity index (χ4v) is 1.84. The van der Waals surface area contributed by atoms with E-state index in [1.807, 2.05) is 18.7 Å². The molecule has 1 atom stereocenters. The van der Waals surface area contributed by atoms with E-state index >= 15 is 0 Å². The first-order valence-corrected chi connectivity index (χ1v) is 6.52. The average Bonchev–Trinajstić information content (AvgIpc) is 2.63. The molecule has 0 aliphatic carbocycles. The minimum absolute atomic E-state index is 0.190. The van der Waals surface area contributed by atoms with Crippen molar-refractivity contribution in [1.29, 1.82) is 0 Å². The van der Waals surface area contributed by atoms with Crippen LogP contribution in [0.2, 0.25) is 0 Å². The van der Waals surface area contributed by atoms with E-state index < -0.39 is 0 Å². The highest BCUT2D eigenvalue weighted by Crippen LogP contribution is 2.11. The first-order valence-electron chi connectivity index (χ1n) is 5.37. The molecule has 15 heavy (non-hydrogen) atoms. The molecule has 1 unspecified atom stereocenters. The summed E-state index contributed by atoms with van der Waals surface area (Å²) < 4.78 is 5.12. The maximum atomic E-state index is 5.65. The van der Waals surface area contributed by atoms with Gasteiger partial charge in [-0.15, -0.1) is 0 Å². The summed E-state index contributed by atoms with van der Waals surface area (Å²) in [5, 5.41) is 3.92. The van der Waals surface area contributed by atoms with Crippen molar-refractivity contribution < 1.29 is 4.52 Å². The minimum Gasteiger partial charge on any atom is -0.339 e. The number of rotatable bonds is 7. The summed E-state index contributed by atoms with van der Waals surface area (Å²) in [4.78, 5) is 4.30. The standard InChI is InChI=1S/C10H19N3OS/c1-3-6-15-7-9-12-10(14-13-9)5-4-8(2)11/h8H,3-7,11H2,1-2H3. The molecule has 1 heterocycles. The van der Waals surface area contributed by atoms with Crippen LogP contribution in [0, 0.1) is 0 Å². The maximum absolute atomic E-state index is 5.65. The molecular formula is C10H19N3OS. The number of hydrogen-bond donors (Lipinski definition) is 1. The molecule has 0 aliphatic rings. The number of thioether (sulfide) groups is 1. The molecule has 2 N–H and O–H groups in total. The van der Waals surface area contributed by atoms with Gasteiger partial charge in [-0.25, -0.2) is 0 Å². The lowest BCUT2D eigenvalue weighted by atomic mass is 10.2. The molecule has 0 amide bonds. The van der Waals surface area contributed by atoms with Crippen LogP contribution in [-0.2, 0) is 12.2 Å². The van der Waals surface area contributed by atoms with Crippen molar-refractivity contribution in [3.8, 4) is 0 Å². The lowest BCUT2D eigenvalue weighted by Gasteiger charge is -1.99. The molecule has 0 aliphatic heterocycles. The zero-order valence-corrected chi connectivity index (χ0v) is 10.2. The highest BCUT2D eigenvalue weighted by atomic mass is 32.2. The second-order valence-electron chi connectivity index (χ2n) is 3.67. The Labute approximate surface area is 95.0 Å². The van der Waals surface area contributed by atoms with Crippen molar-refractivity contribution in [2.24, 2.45) is 5.73 Å². The van der Waals surface area contributed by atoms with Crippen LogP contribution in [0.3, 0.4) is 0 Å². The van der Waals surface area contributed by atoms with Gasteiger partial charge in [0.25, 0.3) is 0 Å². The largest absolute Gasteiger partial charge is 0.339 e. The Morgan fingerprint density at radius 3 is 3.00 bits per heavy atom. The summed E-state index contributed by atoms with van der Waals surface area (Å²) in [5.74, 6) is 3.49. The van der Waals surface area contributed by atoms with Gasteiger partial charge in [0.05, 0.1) is 5.75 Å². The Kier molecular flexibility index (Phi) is 5.71. The molecule has 1 aromatic heterocycles. The van der Waals surface area contributed by atoms with E-state index in [2.05, 4.69) is 17.1 Å². The van der Waals surface area contributed by atoms with E-state index in [4.69, 9.17) is 10.3 Å². The molecule has 0 aromatic carbocycles. The van der Waals surface area contributed by atoms with E-state index in [9.17, 15) is 0 Å². The molecule has 0 saturated carbocycles. The Morgan fingerprint density at radius 1 is 1.53 bits per heavy atom. The van der Waals surface area contributed by atoms with Crippen LogP contribution in [0.25, 0.3) is 0 Å². The zero-order chi connectivity index (χ0) is 11.1. The Morgan fingerprint density at radius 2 is 2.33 bits per heavy atom. The van der Waals surface area contributed by atoms with Gasteiger partial charge in [-0.05, 0) is 25.5 Å². The molecule has 1 aromatic rings. The van der Waals surface area contributed by atoms with Gasteiger partial charge in [0.1, 0.15) is 0 Å². The first kappa shape index (κ1) is 12.5. The van der Waals surface area contributed by atoms with Crippen molar-refractivity contribution in [3.63, 3.8) is 0 Å². The maximum Gasteiger partial charge on any atom is 0.226 e. The van der Waals surface area contributed by atoms with Crippen molar-refractivity contribution in [1.82, 2.24) is 10.1 Å². The summed E-state index contributed by atoms with van der Waals surface area (Å²) >= 11 is 1.83. The van der Waals surface area contributed by atoms with E-state index in [1.54, 1.807) is 0 Å². The van der Waals surface area contributed by atoms with Crippen LogP contribution < -0.4 is 5.73 Å². The van der Waals surface area contributed by atoms with E-state index in [0.717, 1.165) is 30.2 Å². The van der Waals surface area contributed by atoms with Crippen LogP contribution in [0.4, 0.5) is 0 Å². The van der Waals surface area contributed by atoms with Crippen molar-refractivity contribution in [2.75, 3.05) is 5.75 Å². The topological polar surface area (TPSA) is 64.9 Å². The molecule has 0 spiro atoms. The van der Waals surface area contributed by atoms with E-state index in [0.29, 0.717) is 5.89 Å². The first-order chi connectivity index (χ1) is 7.22. The molecule has 0 bridgehead atoms. The second-order valence-corrected chi connectivity index (χ2v) is 4.78. The molecule has 86 valence electrons. The van der Waals surface area contributed by atoms with Crippen LogP contribution in [0.5, 0.6) is 0 Å². The zero-order valence-electron chi connectivity index (χ0n) is 9.40. The summed E-state index contributed by atoms with van der Waals surface area (Å²) in [6, 6.07) is 0.190. The van der Waals surface area contributed by atoms with E-state index in [-0.39, 0.29) is 6.04 Å². The average molecular weight is 229 g/mol. The van der Waals surface area contributed by atoms with Crippen LogP contribution in [0.15, 0.2) is 4.52 Å². The van der Waals surface area contributed by atoms with Gasteiger partial charge in [0, 0.05) is 12.5 Å². The van der Waals surface area contributed by atoms with Gasteiger partial charge in [0.15, 0.2) is 5.82 Å². The van der Waals surface area contributed by atoms with Gasteiger partial charge < -0.3 is 10.3 Å². The Balaban J connectivity index is 2.29. The second kappa shape index (κ2) is 6.85. The number of nitrogens with two attached hydrogens (primary N) is 1. The summed E-state index contributed by atoms with van der Waals surface area (Å²) in [6.07, 6.45) is 2.85. The van der Waals surface area contributed by atoms with Gasteiger partial charge >= 0.3 is 0 Å². The Bertz CT molecular complexity index is 275. The third kappa shape index (κ3) is 5.18. The summed E-state index contributed by atoms with van der Waals surface area (Å²) in [5.41, 5.74) is 5.65. The highest BCUT2D eigenvalue weighted by molar-refractivity contribution is 7.98. The predicted octanol–water partition coefficient (Wildman–Crippen LogP) is 1.99. The van der Waals surface area contributed by atoms with Crippen molar-refractivity contribution in [3.05, 3.63) is 11.7 Å². The molecule has 4 nitrogen and oxygen atoms in total. The monoisotopic (exact) mass is 229 g/mol. The van der Waals surface area contributed by atoms with Crippen molar-refractivity contribution >= 4 is 11.8 Å². The fourth-order valence-electron chi connectivity index (χ4n) is 1.11. The molecular weight excluding hydrogens is 210 g/mol. The van der Waals surface area contributed by atoms with Crippen LogP contribution in [-0.4, -0.2) is 21.9 Å². The summed E-state index contributed by atoms with van der Waals surface area (Å²) in [6.45, 7) is 4.14. The highest BCUT2D eigenvalue weighted by Gasteiger charge is 2.06. The van der Waals surface area contributed by atoms with E-state index in [1.165, 1.54) is 6.42 Å². The fraction of sp³-hybridized carbons (Fsp3) is 0.800. The Hall–Kier alpha value is -0.550. The van der Waals surface area contributed by atoms with Gasteiger partial charge in [-0.3, -0.25) is 0 Å². The molecule has 1 rings (SSSR count). The lowest BCUT2D eigenvalue weighted by Crippen LogP contribution is -2.15. The molecule has 0 radical (unpaired) electrons. The quantitative estimate of drug-likeness (QED) is 0.724. The summed E-state index contributed by atoms with van der Waals surface area (Å²) in [7, 11) is 0. The minimum atomic E-state index is 0.190. The third-order valence-corrected chi connectivity index (χ3v) is 3.06. The number of nitrogens with zero attached hydrogens (tertiary/aromatic N) is 2. The third-order valence-electron chi connectivity index (χ3n) is 1.90. The van der Waals surface area contributed by atoms with Gasteiger partial charge in [-0.2, -0.15) is 16.7 Å². The molecule has 0 fully saturated rings. The number of hydrogen-bond acceptors (Lipinski definition) is 5. The normalized spacial score (nSPS) is 13.0. The molecule has 0 saturated heterocycles. The number of aromatic nitrogens is 2. The smallest absolute Gasteiger partial charge is 0.226 e. The predicted molar refractivity (Wildman–Crippen MR) is 62.7 cm³/mol. The van der Waals surface area contributed by atoms with Crippen LogP contribution in [0.1, 0.15) is 38.4 Å². The SMILES string of the molecule is CCCSCc1noc(CCC(C)N)n1. The van der Waals surface area contributed by atoms with Crippen molar-refractivity contribution in [2.45, 2.75) is 44.9 Å².